The number of rotatable bonds is 3. The zero-order valence-electron chi connectivity index (χ0n) is 11.8. The Morgan fingerprint density at radius 1 is 1.37 bits per heavy atom. The largest absolute Gasteiger partial charge is 0.339 e. The number of amides is 1. The summed E-state index contributed by atoms with van der Waals surface area (Å²) in [6.45, 7) is 5.08. The lowest BCUT2D eigenvalue weighted by atomic mass is 9.99. The summed E-state index contributed by atoms with van der Waals surface area (Å²) < 4.78 is 0. The van der Waals surface area contributed by atoms with Crippen molar-refractivity contribution < 1.29 is 4.79 Å². The lowest BCUT2D eigenvalue weighted by molar-refractivity contribution is -0.133. The van der Waals surface area contributed by atoms with Crippen LogP contribution in [-0.4, -0.2) is 28.7 Å². The molecule has 1 fully saturated rings. The molecule has 0 saturated carbocycles. The maximum Gasteiger partial charge on any atom is 0.227 e. The summed E-state index contributed by atoms with van der Waals surface area (Å²) >= 11 is 3.54. The highest BCUT2D eigenvalue weighted by Crippen LogP contribution is 2.21. The van der Waals surface area contributed by atoms with Crippen molar-refractivity contribution >= 4 is 21.8 Å². The molecule has 1 amide bonds. The first kappa shape index (κ1) is 14.6. The summed E-state index contributed by atoms with van der Waals surface area (Å²) in [7, 11) is 0. The van der Waals surface area contributed by atoms with Crippen molar-refractivity contribution in [3.63, 3.8) is 0 Å². The molecule has 2 rings (SSSR count). The van der Waals surface area contributed by atoms with Crippen LogP contribution in [0.3, 0.4) is 0 Å². The molecule has 0 aromatic heterocycles. The van der Waals surface area contributed by atoms with E-state index in [1.165, 1.54) is 23.1 Å². The van der Waals surface area contributed by atoms with E-state index < -0.39 is 0 Å². The van der Waals surface area contributed by atoms with Gasteiger partial charge in [-0.15, -0.1) is 0 Å². The van der Waals surface area contributed by atoms with E-state index in [0.29, 0.717) is 12.5 Å². The van der Waals surface area contributed by atoms with Gasteiger partial charge in [-0.1, -0.05) is 39.7 Å². The summed E-state index contributed by atoms with van der Waals surface area (Å²) in [6, 6.07) is 6.73. The van der Waals surface area contributed by atoms with Crippen LogP contribution in [0.2, 0.25) is 0 Å². The molecule has 0 N–H and O–H groups in total. The number of aryl methyl sites for hydroxylation is 2. The Morgan fingerprint density at radius 3 is 2.89 bits per heavy atom. The molecule has 1 heterocycles. The zero-order valence-corrected chi connectivity index (χ0v) is 13.4. The predicted octanol–water partition coefficient (Wildman–Crippen LogP) is 3.62. The van der Waals surface area contributed by atoms with E-state index in [-0.39, 0.29) is 5.91 Å². The normalized spacial score (nSPS) is 19.5. The molecular weight excluding hydrogens is 302 g/mol. The van der Waals surface area contributed by atoms with E-state index in [2.05, 4.69) is 52.9 Å². The van der Waals surface area contributed by atoms with Gasteiger partial charge in [-0.25, -0.2) is 0 Å². The summed E-state index contributed by atoms with van der Waals surface area (Å²) in [4.78, 5) is 14.6. The molecule has 19 heavy (non-hydrogen) atoms. The van der Waals surface area contributed by atoms with E-state index in [1.54, 1.807) is 0 Å². The second kappa shape index (κ2) is 6.56. The molecule has 104 valence electrons. The van der Waals surface area contributed by atoms with E-state index in [0.717, 1.165) is 24.7 Å². The van der Waals surface area contributed by atoms with Crippen molar-refractivity contribution in [2.75, 3.05) is 11.9 Å². The Balaban J connectivity index is 2.09. The van der Waals surface area contributed by atoms with Gasteiger partial charge in [0.1, 0.15) is 0 Å². The van der Waals surface area contributed by atoms with Crippen LogP contribution in [-0.2, 0) is 11.2 Å². The van der Waals surface area contributed by atoms with Gasteiger partial charge >= 0.3 is 0 Å². The molecule has 3 heteroatoms. The molecule has 1 atom stereocenters. The minimum atomic E-state index is 0.276. The van der Waals surface area contributed by atoms with Crippen molar-refractivity contribution in [3.05, 3.63) is 34.9 Å². The van der Waals surface area contributed by atoms with E-state index >= 15 is 0 Å². The van der Waals surface area contributed by atoms with Crippen molar-refractivity contribution in [2.45, 2.75) is 45.6 Å². The van der Waals surface area contributed by atoms with Gasteiger partial charge in [0.05, 0.1) is 6.42 Å². The van der Waals surface area contributed by atoms with Crippen LogP contribution in [0.25, 0.3) is 0 Å². The highest BCUT2D eigenvalue weighted by molar-refractivity contribution is 9.09. The zero-order chi connectivity index (χ0) is 13.8. The Labute approximate surface area is 124 Å². The number of hydrogen-bond donors (Lipinski definition) is 0. The van der Waals surface area contributed by atoms with Crippen LogP contribution in [0.15, 0.2) is 18.2 Å². The first-order valence-corrected chi connectivity index (χ1v) is 8.15. The molecule has 0 radical (unpaired) electrons. The van der Waals surface area contributed by atoms with Crippen molar-refractivity contribution in [1.29, 1.82) is 0 Å². The fourth-order valence-electron chi connectivity index (χ4n) is 2.74. The van der Waals surface area contributed by atoms with Crippen LogP contribution in [0.1, 0.15) is 36.0 Å². The molecule has 0 bridgehead atoms. The van der Waals surface area contributed by atoms with Crippen LogP contribution in [0, 0.1) is 13.8 Å². The SMILES string of the molecule is Cc1ccc(C)c(CC(=O)N2CCCCC2CBr)c1. The third-order valence-corrected chi connectivity index (χ3v) is 4.72. The third-order valence-electron chi connectivity index (χ3n) is 3.97. The number of alkyl halides is 1. The van der Waals surface area contributed by atoms with Gasteiger partial charge in [0.2, 0.25) is 5.91 Å². The molecule has 1 unspecified atom stereocenters. The average molecular weight is 324 g/mol. The first-order valence-electron chi connectivity index (χ1n) is 7.03. The molecular formula is C16H22BrNO. The number of halogens is 1. The lowest BCUT2D eigenvalue weighted by Gasteiger charge is -2.35. The smallest absolute Gasteiger partial charge is 0.227 e. The molecule has 0 spiro atoms. The Morgan fingerprint density at radius 2 is 2.16 bits per heavy atom. The third kappa shape index (κ3) is 3.59. The van der Waals surface area contributed by atoms with Crippen LogP contribution in [0.5, 0.6) is 0 Å². The monoisotopic (exact) mass is 323 g/mol. The van der Waals surface area contributed by atoms with Crippen molar-refractivity contribution in [1.82, 2.24) is 4.90 Å². The van der Waals surface area contributed by atoms with Gasteiger partial charge in [0.15, 0.2) is 0 Å². The van der Waals surface area contributed by atoms with Crippen LogP contribution in [0.4, 0.5) is 0 Å². The number of likely N-dealkylation sites (tertiary alicyclic amines) is 1. The molecule has 1 saturated heterocycles. The van der Waals surface area contributed by atoms with Gasteiger partial charge in [-0.2, -0.15) is 0 Å². The number of piperidine rings is 1. The number of nitrogens with zero attached hydrogens (tertiary/aromatic N) is 1. The van der Waals surface area contributed by atoms with E-state index in [4.69, 9.17) is 0 Å². The average Bonchev–Trinajstić information content (AvgIpc) is 2.42. The minimum Gasteiger partial charge on any atom is -0.339 e. The summed E-state index contributed by atoms with van der Waals surface area (Å²) in [6.07, 6.45) is 4.05. The maximum atomic E-state index is 12.5. The second-order valence-corrected chi connectivity index (χ2v) is 6.15. The topological polar surface area (TPSA) is 20.3 Å². The maximum absolute atomic E-state index is 12.5. The van der Waals surface area contributed by atoms with Crippen LogP contribution < -0.4 is 0 Å². The summed E-state index contributed by atoms with van der Waals surface area (Å²) in [5.74, 6) is 0.276. The van der Waals surface area contributed by atoms with Crippen LogP contribution >= 0.6 is 15.9 Å². The van der Waals surface area contributed by atoms with Crippen molar-refractivity contribution in [3.8, 4) is 0 Å². The number of carbonyl (C=O) groups excluding carboxylic acids is 1. The lowest BCUT2D eigenvalue weighted by Crippen LogP contribution is -2.45. The number of benzene rings is 1. The first-order chi connectivity index (χ1) is 9.11. The Kier molecular flexibility index (Phi) is 5.03. The predicted molar refractivity (Wildman–Crippen MR) is 82.8 cm³/mol. The number of carbonyl (C=O) groups is 1. The van der Waals surface area contributed by atoms with Crippen molar-refractivity contribution in [2.24, 2.45) is 0 Å². The highest BCUT2D eigenvalue weighted by atomic mass is 79.9. The van der Waals surface area contributed by atoms with E-state index in [9.17, 15) is 4.79 Å². The second-order valence-electron chi connectivity index (χ2n) is 5.50. The minimum absolute atomic E-state index is 0.276. The molecule has 1 aromatic carbocycles. The van der Waals surface area contributed by atoms with Gasteiger partial charge < -0.3 is 4.90 Å². The summed E-state index contributed by atoms with van der Waals surface area (Å²) in [5, 5.41) is 0.894. The molecule has 1 aliphatic heterocycles. The molecule has 1 aliphatic rings. The van der Waals surface area contributed by atoms with E-state index in [1.807, 2.05) is 0 Å². The van der Waals surface area contributed by atoms with Gasteiger partial charge in [-0.05, 0) is 44.2 Å². The quantitative estimate of drug-likeness (QED) is 0.778. The number of hydrogen-bond acceptors (Lipinski definition) is 1. The van der Waals surface area contributed by atoms with Gasteiger partial charge in [-0.3, -0.25) is 4.79 Å². The fourth-order valence-corrected chi connectivity index (χ4v) is 3.42. The summed E-state index contributed by atoms with van der Waals surface area (Å²) in [5.41, 5.74) is 3.61. The Hall–Kier alpha value is -0.830. The molecule has 2 nitrogen and oxygen atoms in total. The van der Waals surface area contributed by atoms with Gasteiger partial charge in [0.25, 0.3) is 0 Å². The molecule has 1 aromatic rings. The van der Waals surface area contributed by atoms with Gasteiger partial charge in [0, 0.05) is 17.9 Å². The fraction of sp³-hybridized carbons (Fsp3) is 0.562. The standard InChI is InChI=1S/C16H22BrNO/c1-12-6-7-13(2)14(9-12)10-16(19)18-8-4-3-5-15(18)11-17/h6-7,9,15H,3-5,8,10-11H2,1-2H3. The molecule has 0 aliphatic carbocycles. The Bertz CT molecular complexity index is 458. The highest BCUT2D eigenvalue weighted by Gasteiger charge is 2.25.